The second kappa shape index (κ2) is 5.82. The summed E-state index contributed by atoms with van der Waals surface area (Å²) in [4.78, 5) is 12.3. The van der Waals surface area contributed by atoms with Crippen LogP contribution in [0.15, 0.2) is 24.3 Å². The molecule has 1 aromatic carbocycles. The molecule has 1 aliphatic rings. The van der Waals surface area contributed by atoms with Gasteiger partial charge in [0.05, 0.1) is 0 Å². The van der Waals surface area contributed by atoms with E-state index in [1.165, 1.54) is 17.0 Å². The molecule has 4 nitrogen and oxygen atoms in total. The van der Waals surface area contributed by atoms with Crippen LogP contribution in [0.25, 0.3) is 0 Å². The van der Waals surface area contributed by atoms with Gasteiger partial charge in [0, 0.05) is 25.7 Å². The summed E-state index contributed by atoms with van der Waals surface area (Å²) in [5.74, 6) is -0.242. The fourth-order valence-electron chi connectivity index (χ4n) is 2.18. The number of likely N-dealkylation sites (tertiary alicyclic amines) is 1. The average Bonchev–Trinajstić information content (AvgIpc) is 2.38. The quantitative estimate of drug-likeness (QED) is 0.865. The topological polar surface area (TPSA) is 52.6 Å². The van der Waals surface area contributed by atoms with E-state index in [0.717, 1.165) is 18.4 Å². The Bertz CT molecular complexity index is 408. The van der Waals surface area contributed by atoms with Gasteiger partial charge in [-0.05, 0) is 30.5 Å². The normalized spacial score (nSPS) is 19.8. The average molecular weight is 252 g/mol. The van der Waals surface area contributed by atoms with E-state index < -0.39 is 6.09 Å². The van der Waals surface area contributed by atoms with Gasteiger partial charge in [-0.15, -0.1) is 0 Å². The van der Waals surface area contributed by atoms with Gasteiger partial charge in [0.2, 0.25) is 0 Å². The molecule has 5 heteroatoms. The Morgan fingerprint density at radius 2 is 2.17 bits per heavy atom. The van der Waals surface area contributed by atoms with Crippen LogP contribution >= 0.6 is 0 Å². The number of benzene rings is 1. The van der Waals surface area contributed by atoms with E-state index in [1.807, 2.05) is 0 Å². The second-order valence-corrected chi connectivity index (χ2v) is 4.58. The molecule has 0 saturated carbocycles. The minimum Gasteiger partial charge on any atom is -0.465 e. The number of hydrogen-bond donors (Lipinski definition) is 2. The van der Waals surface area contributed by atoms with Crippen molar-refractivity contribution in [2.24, 2.45) is 0 Å². The predicted octanol–water partition coefficient (Wildman–Crippen LogP) is 2.06. The third kappa shape index (κ3) is 3.43. The first-order valence-corrected chi connectivity index (χ1v) is 6.11. The Morgan fingerprint density at radius 1 is 1.44 bits per heavy atom. The van der Waals surface area contributed by atoms with Crippen molar-refractivity contribution in [3.63, 3.8) is 0 Å². The molecule has 18 heavy (non-hydrogen) atoms. The highest BCUT2D eigenvalue weighted by atomic mass is 19.1. The van der Waals surface area contributed by atoms with E-state index in [1.54, 1.807) is 12.1 Å². The maximum Gasteiger partial charge on any atom is 0.407 e. The maximum absolute atomic E-state index is 12.7. The van der Waals surface area contributed by atoms with Crippen molar-refractivity contribution in [3.8, 4) is 0 Å². The van der Waals surface area contributed by atoms with Crippen LogP contribution in [0, 0.1) is 5.82 Å². The lowest BCUT2D eigenvalue weighted by atomic mass is 10.1. The SMILES string of the molecule is O=C(O)N1CCC[C@@H](NCc2ccc(F)cc2)C1. The van der Waals surface area contributed by atoms with Crippen molar-refractivity contribution in [1.82, 2.24) is 10.2 Å². The fourth-order valence-corrected chi connectivity index (χ4v) is 2.18. The van der Waals surface area contributed by atoms with Crippen molar-refractivity contribution in [1.29, 1.82) is 0 Å². The van der Waals surface area contributed by atoms with Crippen LogP contribution in [0.3, 0.4) is 0 Å². The molecule has 2 N–H and O–H groups in total. The van der Waals surface area contributed by atoms with Crippen molar-refractivity contribution in [3.05, 3.63) is 35.6 Å². The number of piperidine rings is 1. The Balaban J connectivity index is 1.82. The maximum atomic E-state index is 12.7. The molecule has 0 radical (unpaired) electrons. The molecule has 0 aromatic heterocycles. The van der Waals surface area contributed by atoms with Gasteiger partial charge in [0.15, 0.2) is 0 Å². The lowest BCUT2D eigenvalue weighted by Gasteiger charge is -2.31. The third-order valence-electron chi connectivity index (χ3n) is 3.20. The lowest BCUT2D eigenvalue weighted by Crippen LogP contribution is -2.47. The number of nitrogens with zero attached hydrogens (tertiary/aromatic N) is 1. The largest absolute Gasteiger partial charge is 0.465 e. The van der Waals surface area contributed by atoms with Crippen LogP contribution < -0.4 is 5.32 Å². The molecule has 0 bridgehead atoms. The predicted molar refractivity (Wildman–Crippen MR) is 65.9 cm³/mol. The summed E-state index contributed by atoms with van der Waals surface area (Å²) < 4.78 is 12.7. The van der Waals surface area contributed by atoms with E-state index in [-0.39, 0.29) is 11.9 Å². The van der Waals surface area contributed by atoms with Crippen LogP contribution in [0.5, 0.6) is 0 Å². The first-order valence-electron chi connectivity index (χ1n) is 6.11. The Labute approximate surface area is 105 Å². The van der Waals surface area contributed by atoms with E-state index >= 15 is 0 Å². The van der Waals surface area contributed by atoms with E-state index in [9.17, 15) is 9.18 Å². The molecule has 1 amide bonds. The number of carbonyl (C=O) groups is 1. The highest BCUT2D eigenvalue weighted by Gasteiger charge is 2.22. The minimum atomic E-state index is -0.858. The van der Waals surface area contributed by atoms with Crippen molar-refractivity contribution >= 4 is 6.09 Å². The van der Waals surface area contributed by atoms with Crippen molar-refractivity contribution in [2.45, 2.75) is 25.4 Å². The molecule has 0 aliphatic carbocycles. The standard InChI is InChI=1S/C13H17FN2O2/c14-11-5-3-10(4-6-11)8-15-12-2-1-7-16(9-12)13(17)18/h3-6,12,15H,1-2,7-9H2,(H,17,18)/t12-/m1/s1. The first kappa shape index (κ1) is 12.8. The van der Waals surface area contributed by atoms with Gasteiger partial charge < -0.3 is 15.3 Å². The van der Waals surface area contributed by atoms with E-state index in [0.29, 0.717) is 19.6 Å². The van der Waals surface area contributed by atoms with Gasteiger partial charge >= 0.3 is 6.09 Å². The summed E-state index contributed by atoms with van der Waals surface area (Å²) in [5, 5.41) is 12.2. The van der Waals surface area contributed by atoms with E-state index in [2.05, 4.69) is 5.32 Å². The van der Waals surface area contributed by atoms with Gasteiger partial charge in [-0.25, -0.2) is 9.18 Å². The van der Waals surface area contributed by atoms with Crippen LogP contribution in [-0.2, 0) is 6.54 Å². The zero-order valence-corrected chi connectivity index (χ0v) is 10.1. The van der Waals surface area contributed by atoms with Crippen LogP contribution in [0.2, 0.25) is 0 Å². The number of rotatable bonds is 3. The Hall–Kier alpha value is -1.62. The number of halogens is 1. The zero-order valence-electron chi connectivity index (χ0n) is 10.1. The molecule has 0 spiro atoms. The van der Waals surface area contributed by atoms with Gasteiger partial charge in [0.25, 0.3) is 0 Å². The van der Waals surface area contributed by atoms with Crippen LogP contribution in [0.1, 0.15) is 18.4 Å². The summed E-state index contributed by atoms with van der Waals surface area (Å²) >= 11 is 0. The van der Waals surface area contributed by atoms with Gasteiger partial charge in [0.1, 0.15) is 5.82 Å². The van der Waals surface area contributed by atoms with Crippen LogP contribution in [0.4, 0.5) is 9.18 Å². The summed E-state index contributed by atoms with van der Waals surface area (Å²) in [6, 6.07) is 6.52. The minimum absolute atomic E-state index is 0.180. The monoisotopic (exact) mass is 252 g/mol. The highest BCUT2D eigenvalue weighted by Crippen LogP contribution is 2.11. The molecule has 1 fully saturated rings. The van der Waals surface area contributed by atoms with Gasteiger partial charge in [-0.2, -0.15) is 0 Å². The summed E-state index contributed by atoms with van der Waals surface area (Å²) in [7, 11) is 0. The second-order valence-electron chi connectivity index (χ2n) is 4.58. The number of carboxylic acid groups (broad SMARTS) is 1. The molecule has 1 heterocycles. The Morgan fingerprint density at radius 3 is 2.83 bits per heavy atom. The number of amides is 1. The first-order chi connectivity index (χ1) is 8.65. The highest BCUT2D eigenvalue weighted by molar-refractivity contribution is 5.65. The Kier molecular flexibility index (Phi) is 4.15. The molecule has 98 valence electrons. The molecule has 2 rings (SSSR count). The molecule has 0 unspecified atom stereocenters. The molecular formula is C13H17FN2O2. The smallest absolute Gasteiger partial charge is 0.407 e. The van der Waals surface area contributed by atoms with E-state index in [4.69, 9.17) is 5.11 Å². The molecule has 1 aliphatic heterocycles. The summed E-state index contributed by atoms with van der Waals surface area (Å²) in [6.45, 7) is 1.78. The van der Waals surface area contributed by atoms with Crippen LogP contribution in [-0.4, -0.2) is 35.2 Å². The molecular weight excluding hydrogens is 235 g/mol. The molecule has 1 atom stereocenters. The molecule has 1 aromatic rings. The third-order valence-corrected chi connectivity index (χ3v) is 3.20. The van der Waals surface area contributed by atoms with Crippen molar-refractivity contribution < 1.29 is 14.3 Å². The van der Waals surface area contributed by atoms with Gasteiger partial charge in [-0.3, -0.25) is 0 Å². The van der Waals surface area contributed by atoms with Gasteiger partial charge in [-0.1, -0.05) is 12.1 Å². The fraction of sp³-hybridized carbons (Fsp3) is 0.462. The van der Waals surface area contributed by atoms with Crippen molar-refractivity contribution in [2.75, 3.05) is 13.1 Å². The number of hydrogen-bond acceptors (Lipinski definition) is 2. The summed E-state index contributed by atoms with van der Waals surface area (Å²) in [5.41, 5.74) is 1.00. The lowest BCUT2D eigenvalue weighted by molar-refractivity contribution is 0.126. The number of nitrogens with one attached hydrogen (secondary N) is 1. The summed E-state index contributed by atoms with van der Waals surface area (Å²) in [6.07, 6.45) is 1.00. The molecule has 1 saturated heterocycles. The zero-order chi connectivity index (χ0) is 13.0.